The van der Waals surface area contributed by atoms with Crippen molar-refractivity contribution in [3.05, 3.63) is 23.3 Å². The van der Waals surface area contributed by atoms with Crippen molar-refractivity contribution in [2.45, 2.75) is 18.9 Å². The molecule has 0 amide bonds. The Morgan fingerprint density at radius 3 is 2.67 bits per heavy atom. The van der Waals surface area contributed by atoms with E-state index in [0.717, 1.165) is 11.1 Å². The van der Waals surface area contributed by atoms with Crippen LogP contribution in [0.15, 0.2) is 23.3 Å². The maximum Gasteiger partial charge on any atom is 0.0679 e. The monoisotopic (exact) mass is 169 g/mol. The molecule has 0 heterocycles. The molecule has 3 nitrogen and oxygen atoms in total. The lowest BCUT2D eigenvalue weighted by atomic mass is 9.86. The zero-order chi connectivity index (χ0) is 9.19. The molecule has 3 heteroatoms. The zero-order valence-corrected chi connectivity index (χ0v) is 7.25. The number of rotatable bonds is 2. The minimum atomic E-state index is -0.426. The molecular formula is C9H15NO2. The van der Waals surface area contributed by atoms with E-state index in [1.807, 2.05) is 13.0 Å². The fourth-order valence-corrected chi connectivity index (χ4v) is 1.51. The van der Waals surface area contributed by atoms with Crippen molar-refractivity contribution in [1.29, 1.82) is 0 Å². The quantitative estimate of drug-likeness (QED) is 0.542. The number of aliphatic hydroxyl groups excluding tert-OH is 2. The summed E-state index contributed by atoms with van der Waals surface area (Å²) in [5, 5.41) is 17.8. The topological polar surface area (TPSA) is 66.5 Å². The normalized spacial score (nSPS) is 29.7. The third kappa shape index (κ3) is 2.17. The minimum Gasteiger partial charge on any atom is -0.392 e. The maximum atomic E-state index is 8.90. The molecule has 68 valence electrons. The van der Waals surface area contributed by atoms with E-state index in [-0.39, 0.29) is 13.2 Å². The molecule has 0 bridgehead atoms. The van der Waals surface area contributed by atoms with Gasteiger partial charge in [0.15, 0.2) is 0 Å². The largest absolute Gasteiger partial charge is 0.392 e. The molecule has 1 unspecified atom stereocenters. The Balaban J connectivity index is 2.86. The predicted molar refractivity (Wildman–Crippen MR) is 47.5 cm³/mol. The summed E-state index contributed by atoms with van der Waals surface area (Å²) < 4.78 is 0. The van der Waals surface area contributed by atoms with Crippen molar-refractivity contribution in [2.75, 3.05) is 13.2 Å². The van der Waals surface area contributed by atoms with Gasteiger partial charge in [0.25, 0.3) is 0 Å². The molecule has 0 radical (unpaired) electrons. The highest BCUT2D eigenvalue weighted by Crippen LogP contribution is 2.23. The number of hydrogen-bond donors (Lipinski definition) is 3. The van der Waals surface area contributed by atoms with Crippen LogP contribution in [0.2, 0.25) is 0 Å². The third-order valence-corrected chi connectivity index (χ3v) is 1.90. The molecule has 0 spiro atoms. The van der Waals surface area contributed by atoms with Crippen LogP contribution in [0.1, 0.15) is 13.3 Å². The van der Waals surface area contributed by atoms with E-state index in [1.54, 1.807) is 6.08 Å². The molecule has 1 rings (SSSR count). The Morgan fingerprint density at radius 2 is 2.17 bits per heavy atom. The Morgan fingerprint density at radius 1 is 1.50 bits per heavy atom. The Labute approximate surface area is 72.2 Å². The van der Waals surface area contributed by atoms with Crippen molar-refractivity contribution in [2.24, 2.45) is 5.73 Å². The SMILES string of the molecule is CC1(N)C=C(CO)C=C(CO)C1. The van der Waals surface area contributed by atoms with Crippen molar-refractivity contribution >= 4 is 0 Å². The fourth-order valence-electron chi connectivity index (χ4n) is 1.51. The summed E-state index contributed by atoms with van der Waals surface area (Å²) in [5.74, 6) is 0. The van der Waals surface area contributed by atoms with Crippen LogP contribution in [0.3, 0.4) is 0 Å². The fraction of sp³-hybridized carbons (Fsp3) is 0.556. The van der Waals surface area contributed by atoms with Crippen LogP contribution < -0.4 is 5.73 Å². The van der Waals surface area contributed by atoms with Gasteiger partial charge in [-0.2, -0.15) is 0 Å². The average Bonchev–Trinajstić information content (AvgIpc) is 2.01. The van der Waals surface area contributed by atoms with E-state index in [0.29, 0.717) is 6.42 Å². The van der Waals surface area contributed by atoms with Crippen LogP contribution in [0, 0.1) is 0 Å². The summed E-state index contributed by atoms with van der Waals surface area (Å²) in [5.41, 5.74) is 7.11. The Bertz CT molecular complexity index is 229. The Kier molecular flexibility index (Phi) is 2.67. The number of hydrogen-bond acceptors (Lipinski definition) is 3. The molecule has 1 atom stereocenters. The summed E-state index contributed by atoms with van der Waals surface area (Å²) in [6.07, 6.45) is 4.30. The van der Waals surface area contributed by atoms with Crippen molar-refractivity contribution < 1.29 is 10.2 Å². The minimum absolute atomic E-state index is 0.0176. The van der Waals surface area contributed by atoms with E-state index < -0.39 is 5.54 Å². The number of aliphatic hydroxyl groups is 2. The molecule has 1 aliphatic rings. The average molecular weight is 169 g/mol. The van der Waals surface area contributed by atoms with Crippen LogP contribution in [-0.4, -0.2) is 29.0 Å². The zero-order valence-electron chi connectivity index (χ0n) is 7.25. The first-order valence-corrected chi connectivity index (χ1v) is 3.99. The molecule has 0 saturated carbocycles. The lowest BCUT2D eigenvalue weighted by molar-refractivity contribution is 0.313. The van der Waals surface area contributed by atoms with Crippen LogP contribution in [0.25, 0.3) is 0 Å². The van der Waals surface area contributed by atoms with Gasteiger partial charge in [-0.3, -0.25) is 0 Å². The van der Waals surface area contributed by atoms with Crippen molar-refractivity contribution in [3.63, 3.8) is 0 Å². The predicted octanol–water partition coefficient (Wildman–Crippen LogP) is -0.0551. The first-order valence-electron chi connectivity index (χ1n) is 3.99. The second-order valence-electron chi connectivity index (χ2n) is 3.52. The molecule has 0 aliphatic heterocycles. The van der Waals surface area contributed by atoms with Crippen LogP contribution in [-0.2, 0) is 0 Å². The maximum absolute atomic E-state index is 8.90. The van der Waals surface area contributed by atoms with Crippen LogP contribution in [0.4, 0.5) is 0 Å². The van der Waals surface area contributed by atoms with Gasteiger partial charge in [-0.1, -0.05) is 12.2 Å². The van der Waals surface area contributed by atoms with E-state index in [4.69, 9.17) is 15.9 Å². The van der Waals surface area contributed by atoms with Crippen molar-refractivity contribution in [3.8, 4) is 0 Å². The first kappa shape index (κ1) is 9.45. The summed E-state index contributed by atoms with van der Waals surface area (Å²) in [6.45, 7) is 1.88. The van der Waals surface area contributed by atoms with Crippen molar-refractivity contribution in [1.82, 2.24) is 0 Å². The van der Waals surface area contributed by atoms with E-state index >= 15 is 0 Å². The molecule has 0 aromatic carbocycles. The molecular weight excluding hydrogens is 154 g/mol. The smallest absolute Gasteiger partial charge is 0.0679 e. The van der Waals surface area contributed by atoms with E-state index in [2.05, 4.69) is 0 Å². The number of nitrogens with two attached hydrogens (primary N) is 1. The van der Waals surface area contributed by atoms with E-state index in [9.17, 15) is 0 Å². The second-order valence-corrected chi connectivity index (χ2v) is 3.52. The highest BCUT2D eigenvalue weighted by molar-refractivity contribution is 5.34. The van der Waals surface area contributed by atoms with Crippen LogP contribution in [0.5, 0.6) is 0 Å². The van der Waals surface area contributed by atoms with Gasteiger partial charge in [-0.25, -0.2) is 0 Å². The molecule has 0 aromatic rings. The lowest BCUT2D eigenvalue weighted by Gasteiger charge is -2.26. The second kappa shape index (κ2) is 3.39. The van der Waals surface area contributed by atoms with Gasteiger partial charge >= 0.3 is 0 Å². The highest BCUT2D eigenvalue weighted by Gasteiger charge is 2.21. The van der Waals surface area contributed by atoms with Gasteiger partial charge in [0.1, 0.15) is 0 Å². The van der Waals surface area contributed by atoms with Crippen LogP contribution >= 0.6 is 0 Å². The van der Waals surface area contributed by atoms with Gasteiger partial charge in [0.2, 0.25) is 0 Å². The summed E-state index contributed by atoms with van der Waals surface area (Å²) in [6, 6.07) is 0. The van der Waals surface area contributed by atoms with E-state index in [1.165, 1.54) is 0 Å². The standard InChI is InChI=1S/C9H15NO2/c1-9(10)3-7(5-11)2-8(4-9)6-12/h2-3,11-12H,4-6,10H2,1H3. The lowest BCUT2D eigenvalue weighted by Crippen LogP contribution is -2.36. The first-order chi connectivity index (χ1) is 5.57. The van der Waals surface area contributed by atoms with Gasteiger partial charge in [-0.15, -0.1) is 0 Å². The summed E-state index contributed by atoms with van der Waals surface area (Å²) in [7, 11) is 0. The van der Waals surface area contributed by atoms with Gasteiger partial charge in [-0.05, 0) is 24.5 Å². The molecule has 0 saturated heterocycles. The van der Waals surface area contributed by atoms with Gasteiger partial charge in [0, 0.05) is 5.54 Å². The Hall–Kier alpha value is -0.640. The highest BCUT2D eigenvalue weighted by atomic mass is 16.3. The summed E-state index contributed by atoms with van der Waals surface area (Å²) >= 11 is 0. The molecule has 0 aromatic heterocycles. The summed E-state index contributed by atoms with van der Waals surface area (Å²) in [4.78, 5) is 0. The van der Waals surface area contributed by atoms with Gasteiger partial charge < -0.3 is 15.9 Å². The third-order valence-electron chi connectivity index (χ3n) is 1.90. The molecule has 4 N–H and O–H groups in total. The molecule has 0 fully saturated rings. The molecule has 12 heavy (non-hydrogen) atoms. The molecule has 1 aliphatic carbocycles. The van der Waals surface area contributed by atoms with Gasteiger partial charge in [0.05, 0.1) is 13.2 Å².